The predicted molar refractivity (Wildman–Crippen MR) is 123 cm³/mol. The molecule has 1 N–H and O–H groups in total. The van der Waals surface area contributed by atoms with Crippen molar-refractivity contribution in [2.45, 2.75) is 24.3 Å². The zero-order valence-corrected chi connectivity index (χ0v) is 19.4. The zero-order chi connectivity index (χ0) is 22.9. The largest absolute Gasteiger partial charge is 0.284 e. The molecule has 4 rings (SSSR count). The van der Waals surface area contributed by atoms with Crippen molar-refractivity contribution < 1.29 is 21.2 Å². The number of thiophene rings is 1. The molecule has 32 heavy (non-hydrogen) atoms. The summed E-state index contributed by atoms with van der Waals surface area (Å²) in [6.07, 6.45) is 0.328. The summed E-state index contributed by atoms with van der Waals surface area (Å²) < 4.78 is 67.3. The van der Waals surface area contributed by atoms with Crippen molar-refractivity contribution in [3.8, 4) is 0 Å². The first kappa shape index (κ1) is 22.4. The second-order valence-corrected chi connectivity index (χ2v) is 11.9. The fraction of sp³-hybridized carbons (Fsp3) is 0.190. The van der Waals surface area contributed by atoms with E-state index in [-0.39, 0.29) is 10.6 Å². The summed E-state index contributed by atoms with van der Waals surface area (Å²) in [5.41, 5.74) is 1.62. The van der Waals surface area contributed by atoms with Gasteiger partial charge in [-0.25, -0.2) is 12.8 Å². The summed E-state index contributed by atoms with van der Waals surface area (Å²) in [4.78, 5) is 0.643. The smallest absolute Gasteiger partial charge is 0.279 e. The zero-order valence-electron chi connectivity index (χ0n) is 17.0. The van der Waals surface area contributed by atoms with Gasteiger partial charge in [0.1, 0.15) is 11.9 Å². The highest BCUT2D eigenvalue weighted by atomic mass is 32.2. The lowest BCUT2D eigenvalue weighted by atomic mass is 10.0. The highest BCUT2D eigenvalue weighted by Crippen LogP contribution is 2.39. The highest BCUT2D eigenvalue weighted by molar-refractivity contribution is 7.92. The first-order valence-corrected chi connectivity index (χ1v) is 13.7. The predicted octanol–water partition coefficient (Wildman–Crippen LogP) is 4.19. The van der Waals surface area contributed by atoms with E-state index in [0.717, 1.165) is 15.4 Å². The SMILES string of the molecule is CCS(=O)(=O)Nc1ccc(C2=NN(S(=O)(=O)c3cccc(F)c3)[C@@H](c3cccs3)C2)cc1. The average molecular weight is 494 g/mol. The molecule has 168 valence electrons. The molecule has 11 heteroatoms. The van der Waals surface area contributed by atoms with Crippen molar-refractivity contribution in [1.29, 1.82) is 0 Å². The van der Waals surface area contributed by atoms with Crippen LogP contribution >= 0.6 is 11.3 Å². The lowest BCUT2D eigenvalue weighted by Crippen LogP contribution is -2.27. The number of nitrogens with zero attached hydrogens (tertiary/aromatic N) is 2. The Hall–Kier alpha value is -2.76. The molecule has 0 spiro atoms. The Morgan fingerprint density at radius 3 is 2.47 bits per heavy atom. The van der Waals surface area contributed by atoms with E-state index in [9.17, 15) is 21.2 Å². The van der Waals surface area contributed by atoms with Crippen LogP contribution in [0.1, 0.15) is 29.8 Å². The molecule has 0 aliphatic carbocycles. The molecular formula is C21H20FN3O4S3. The van der Waals surface area contributed by atoms with Gasteiger partial charge in [-0.05, 0) is 54.3 Å². The summed E-state index contributed by atoms with van der Waals surface area (Å²) in [5, 5.41) is 6.26. The molecule has 1 aromatic heterocycles. The van der Waals surface area contributed by atoms with Gasteiger partial charge in [-0.2, -0.15) is 17.9 Å². The van der Waals surface area contributed by atoms with E-state index in [4.69, 9.17) is 0 Å². The Morgan fingerprint density at radius 2 is 1.84 bits per heavy atom. The molecule has 0 unspecified atom stereocenters. The lowest BCUT2D eigenvalue weighted by Gasteiger charge is -2.22. The first-order chi connectivity index (χ1) is 15.2. The second-order valence-electron chi connectivity index (χ2n) is 7.10. The number of hydrogen-bond acceptors (Lipinski definition) is 6. The molecule has 1 aliphatic heterocycles. The number of benzene rings is 2. The fourth-order valence-electron chi connectivity index (χ4n) is 3.30. The van der Waals surface area contributed by atoms with Gasteiger partial charge in [-0.1, -0.05) is 24.3 Å². The molecule has 7 nitrogen and oxygen atoms in total. The number of sulfonamides is 2. The fourth-order valence-corrected chi connectivity index (χ4v) is 6.27. The van der Waals surface area contributed by atoms with Crippen LogP contribution in [0.4, 0.5) is 10.1 Å². The number of anilines is 1. The van der Waals surface area contributed by atoms with E-state index in [0.29, 0.717) is 23.4 Å². The molecule has 1 aliphatic rings. The minimum Gasteiger partial charge on any atom is -0.284 e. The minimum absolute atomic E-state index is 0.0448. The van der Waals surface area contributed by atoms with Crippen LogP contribution in [0.5, 0.6) is 0 Å². The van der Waals surface area contributed by atoms with Crippen LogP contribution < -0.4 is 4.72 Å². The number of nitrogens with one attached hydrogen (secondary N) is 1. The van der Waals surface area contributed by atoms with Gasteiger partial charge in [-0.15, -0.1) is 11.3 Å². The van der Waals surface area contributed by atoms with E-state index in [2.05, 4.69) is 9.82 Å². The van der Waals surface area contributed by atoms with Gasteiger partial charge in [0.05, 0.1) is 16.4 Å². The van der Waals surface area contributed by atoms with Crippen LogP contribution in [0.3, 0.4) is 0 Å². The third-order valence-electron chi connectivity index (χ3n) is 4.96. The maximum atomic E-state index is 13.7. The van der Waals surface area contributed by atoms with Crippen molar-refractivity contribution >= 4 is 42.8 Å². The molecule has 0 bridgehead atoms. The molecule has 0 amide bonds. The third kappa shape index (κ3) is 4.54. The maximum Gasteiger partial charge on any atom is 0.279 e. The molecule has 3 aromatic rings. The molecule has 2 heterocycles. The van der Waals surface area contributed by atoms with Gasteiger partial charge >= 0.3 is 0 Å². The Morgan fingerprint density at radius 1 is 1.09 bits per heavy atom. The van der Waals surface area contributed by atoms with Crippen LogP contribution in [0.15, 0.2) is 76.0 Å². The van der Waals surface area contributed by atoms with E-state index in [1.807, 2.05) is 17.5 Å². The Labute approximate surface area is 190 Å². The van der Waals surface area contributed by atoms with Gasteiger partial charge in [0.2, 0.25) is 10.0 Å². The van der Waals surface area contributed by atoms with E-state index < -0.39 is 31.9 Å². The quantitative estimate of drug-likeness (QED) is 0.534. The Bertz CT molecular complexity index is 1350. The molecular weight excluding hydrogens is 473 g/mol. The number of hydrogen-bond donors (Lipinski definition) is 1. The summed E-state index contributed by atoms with van der Waals surface area (Å²) in [6, 6.07) is 14.5. The average Bonchev–Trinajstić information content (AvgIpc) is 3.44. The Kier molecular flexibility index (Phi) is 6.06. The van der Waals surface area contributed by atoms with Crippen molar-refractivity contribution in [2.24, 2.45) is 5.10 Å². The van der Waals surface area contributed by atoms with Gasteiger partial charge in [0.15, 0.2) is 0 Å². The van der Waals surface area contributed by atoms with Crippen LogP contribution in [-0.4, -0.2) is 32.7 Å². The van der Waals surface area contributed by atoms with Crippen LogP contribution in [-0.2, 0) is 20.0 Å². The highest BCUT2D eigenvalue weighted by Gasteiger charge is 2.38. The summed E-state index contributed by atoms with van der Waals surface area (Å²) in [7, 11) is -7.49. The van der Waals surface area contributed by atoms with E-state index in [1.165, 1.54) is 29.5 Å². The van der Waals surface area contributed by atoms with Crippen molar-refractivity contribution in [2.75, 3.05) is 10.5 Å². The van der Waals surface area contributed by atoms with Crippen LogP contribution in [0.2, 0.25) is 0 Å². The summed E-state index contributed by atoms with van der Waals surface area (Å²) >= 11 is 1.42. The normalized spacial score (nSPS) is 16.8. The van der Waals surface area contributed by atoms with Gasteiger partial charge in [-0.3, -0.25) is 4.72 Å². The summed E-state index contributed by atoms with van der Waals surface area (Å²) in [5.74, 6) is -0.691. The topological polar surface area (TPSA) is 95.9 Å². The molecule has 0 saturated heterocycles. The van der Waals surface area contributed by atoms with Crippen molar-refractivity contribution in [1.82, 2.24) is 4.41 Å². The minimum atomic E-state index is -4.09. The van der Waals surface area contributed by atoms with Crippen LogP contribution in [0, 0.1) is 5.82 Å². The Balaban J connectivity index is 1.70. The van der Waals surface area contributed by atoms with Gasteiger partial charge in [0, 0.05) is 17.0 Å². The number of rotatable bonds is 7. The van der Waals surface area contributed by atoms with Crippen molar-refractivity contribution in [3.05, 3.63) is 82.3 Å². The number of hydrazone groups is 1. The maximum absolute atomic E-state index is 13.7. The van der Waals surface area contributed by atoms with Crippen LogP contribution in [0.25, 0.3) is 0 Å². The number of halogens is 1. The van der Waals surface area contributed by atoms with E-state index in [1.54, 1.807) is 31.2 Å². The third-order valence-corrected chi connectivity index (χ3v) is 8.91. The van der Waals surface area contributed by atoms with E-state index >= 15 is 0 Å². The molecule has 0 fully saturated rings. The standard InChI is InChI=1S/C21H20FN3O4S3/c1-2-31(26,27)24-17-10-8-15(9-11-17)19-14-20(21-7-4-12-30-21)25(23-19)32(28,29)18-6-3-5-16(22)13-18/h3-13,20,24H,2,14H2,1H3/t20-/m1/s1. The summed E-state index contributed by atoms with van der Waals surface area (Å²) in [6.45, 7) is 1.54. The second kappa shape index (κ2) is 8.64. The van der Waals surface area contributed by atoms with Crippen molar-refractivity contribution in [3.63, 3.8) is 0 Å². The first-order valence-electron chi connectivity index (χ1n) is 9.71. The lowest BCUT2D eigenvalue weighted by molar-refractivity contribution is 0.375. The van der Waals surface area contributed by atoms with Gasteiger partial charge < -0.3 is 0 Å². The molecule has 0 radical (unpaired) electrons. The molecule has 2 aromatic carbocycles. The van der Waals surface area contributed by atoms with Gasteiger partial charge in [0.25, 0.3) is 10.0 Å². The monoisotopic (exact) mass is 493 g/mol. The molecule has 0 saturated carbocycles. The molecule has 1 atom stereocenters.